The Balaban J connectivity index is 1.62. The molecule has 1 aliphatic heterocycles. The van der Waals surface area contributed by atoms with E-state index in [1.54, 1.807) is 29.2 Å². The summed E-state index contributed by atoms with van der Waals surface area (Å²) in [4.78, 5) is 40.9. The van der Waals surface area contributed by atoms with Crippen molar-refractivity contribution >= 4 is 17.8 Å². The number of carbonyl (C=O) groups excluding carboxylic acids is 3. The largest absolute Gasteiger partial charge is 0.465 e. The van der Waals surface area contributed by atoms with E-state index < -0.39 is 11.4 Å². The molecule has 2 amide bonds. The van der Waals surface area contributed by atoms with E-state index in [9.17, 15) is 14.4 Å². The second-order valence-corrected chi connectivity index (χ2v) is 7.64. The van der Waals surface area contributed by atoms with Gasteiger partial charge in [0.15, 0.2) is 0 Å². The van der Waals surface area contributed by atoms with Crippen molar-refractivity contribution in [2.45, 2.75) is 19.3 Å². The highest BCUT2D eigenvalue weighted by atomic mass is 16.5. The average Bonchev–Trinajstić information content (AvgIpc) is 2.78. The molecule has 0 N–H and O–H groups in total. The molecule has 6 nitrogen and oxygen atoms in total. The Hall–Kier alpha value is -3.15. The lowest BCUT2D eigenvalue weighted by molar-refractivity contribution is -0.137. The first-order valence-corrected chi connectivity index (χ1v) is 9.67. The minimum atomic E-state index is -0.614. The molecule has 2 aromatic carbocycles. The molecule has 2 aromatic rings. The number of nitrogens with zero attached hydrogens (tertiary/aromatic N) is 2. The Labute approximate surface area is 171 Å². The summed E-state index contributed by atoms with van der Waals surface area (Å²) >= 11 is 0. The maximum absolute atomic E-state index is 13.1. The van der Waals surface area contributed by atoms with Crippen molar-refractivity contribution in [2.75, 3.05) is 33.3 Å². The van der Waals surface area contributed by atoms with Crippen LogP contribution in [0.2, 0.25) is 0 Å². The van der Waals surface area contributed by atoms with Gasteiger partial charge in [-0.1, -0.05) is 30.3 Å². The highest BCUT2D eigenvalue weighted by Gasteiger charge is 2.35. The summed E-state index contributed by atoms with van der Waals surface area (Å²) in [5.41, 5.74) is 1.29. The van der Waals surface area contributed by atoms with E-state index in [0.717, 1.165) is 5.56 Å². The normalized spacial score (nSPS) is 14.4. The molecule has 0 spiro atoms. The summed E-state index contributed by atoms with van der Waals surface area (Å²) in [6, 6.07) is 16.2. The zero-order valence-electron chi connectivity index (χ0n) is 17.1. The van der Waals surface area contributed by atoms with Gasteiger partial charge in [-0.2, -0.15) is 0 Å². The molecule has 0 aromatic heterocycles. The lowest BCUT2D eigenvalue weighted by Gasteiger charge is -2.38. The fourth-order valence-corrected chi connectivity index (χ4v) is 3.54. The van der Waals surface area contributed by atoms with Crippen LogP contribution in [0.15, 0.2) is 54.6 Å². The molecule has 152 valence electrons. The molecule has 1 saturated heterocycles. The Morgan fingerprint density at radius 3 is 1.86 bits per heavy atom. The molecule has 6 heteroatoms. The maximum atomic E-state index is 13.1. The van der Waals surface area contributed by atoms with Crippen molar-refractivity contribution in [2.24, 2.45) is 0 Å². The smallest absolute Gasteiger partial charge is 0.337 e. The van der Waals surface area contributed by atoms with Crippen LogP contribution in [0.4, 0.5) is 0 Å². The maximum Gasteiger partial charge on any atom is 0.337 e. The van der Waals surface area contributed by atoms with Crippen LogP contribution in [0.1, 0.15) is 40.1 Å². The predicted molar refractivity (Wildman–Crippen MR) is 110 cm³/mol. The highest BCUT2D eigenvalue weighted by Crippen LogP contribution is 2.26. The first-order valence-electron chi connectivity index (χ1n) is 9.67. The molecular formula is C23H26N2O4. The van der Waals surface area contributed by atoms with Gasteiger partial charge in [0.2, 0.25) is 5.91 Å². The monoisotopic (exact) mass is 394 g/mol. The van der Waals surface area contributed by atoms with Crippen LogP contribution in [-0.2, 0) is 14.9 Å². The van der Waals surface area contributed by atoms with Crippen molar-refractivity contribution in [3.05, 3.63) is 71.3 Å². The van der Waals surface area contributed by atoms with Gasteiger partial charge in [-0.25, -0.2) is 4.79 Å². The van der Waals surface area contributed by atoms with E-state index in [1.807, 2.05) is 49.1 Å². The molecule has 0 radical (unpaired) electrons. The number of hydrogen-bond donors (Lipinski definition) is 0. The molecule has 0 aliphatic carbocycles. The van der Waals surface area contributed by atoms with Crippen molar-refractivity contribution in [3.63, 3.8) is 0 Å². The quantitative estimate of drug-likeness (QED) is 0.748. The predicted octanol–water partition coefficient (Wildman–Crippen LogP) is 2.74. The van der Waals surface area contributed by atoms with E-state index in [1.165, 1.54) is 7.11 Å². The van der Waals surface area contributed by atoms with Crippen molar-refractivity contribution in [1.82, 2.24) is 9.80 Å². The molecule has 0 saturated carbocycles. The second kappa shape index (κ2) is 8.47. The number of piperazine rings is 1. The lowest BCUT2D eigenvalue weighted by Crippen LogP contribution is -2.54. The van der Waals surface area contributed by atoms with E-state index in [-0.39, 0.29) is 11.8 Å². The van der Waals surface area contributed by atoms with Gasteiger partial charge in [0.1, 0.15) is 0 Å². The third kappa shape index (κ3) is 4.31. The summed E-state index contributed by atoms with van der Waals surface area (Å²) in [6.45, 7) is 5.83. The third-order valence-corrected chi connectivity index (χ3v) is 5.44. The number of esters is 1. The van der Waals surface area contributed by atoms with Gasteiger partial charge in [-0.3, -0.25) is 9.59 Å². The zero-order valence-corrected chi connectivity index (χ0v) is 17.1. The van der Waals surface area contributed by atoms with E-state index in [0.29, 0.717) is 37.3 Å². The Kier molecular flexibility index (Phi) is 6.01. The van der Waals surface area contributed by atoms with Crippen LogP contribution >= 0.6 is 0 Å². The summed E-state index contributed by atoms with van der Waals surface area (Å²) in [7, 11) is 1.32. The van der Waals surface area contributed by atoms with Crippen LogP contribution in [-0.4, -0.2) is 60.9 Å². The van der Waals surface area contributed by atoms with E-state index in [4.69, 9.17) is 0 Å². The van der Waals surface area contributed by atoms with Crippen molar-refractivity contribution in [3.8, 4) is 0 Å². The topological polar surface area (TPSA) is 66.9 Å². The van der Waals surface area contributed by atoms with E-state index >= 15 is 0 Å². The molecule has 0 bridgehead atoms. The van der Waals surface area contributed by atoms with Gasteiger partial charge in [0, 0.05) is 31.7 Å². The van der Waals surface area contributed by atoms with Gasteiger partial charge in [0.05, 0.1) is 18.1 Å². The summed E-state index contributed by atoms with van der Waals surface area (Å²) < 4.78 is 4.67. The fraction of sp³-hybridized carbons (Fsp3) is 0.348. The van der Waals surface area contributed by atoms with Gasteiger partial charge >= 0.3 is 5.97 Å². The van der Waals surface area contributed by atoms with Crippen molar-refractivity contribution < 1.29 is 19.1 Å². The molecule has 0 atom stereocenters. The van der Waals surface area contributed by atoms with Gasteiger partial charge in [0.25, 0.3) is 5.91 Å². The van der Waals surface area contributed by atoms with E-state index in [2.05, 4.69) is 4.74 Å². The number of hydrogen-bond acceptors (Lipinski definition) is 4. The van der Waals surface area contributed by atoms with Gasteiger partial charge in [-0.15, -0.1) is 0 Å². The van der Waals surface area contributed by atoms with Crippen LogP contribution in [0.5, 0.6) is 0 Å². The molecule has 1 aliphatic rings. The van der Waals surface area contributed by atoms with Crippen molar-refractivity contribution in [1.29, 1.82) is 0 Å². The number of amides is 2. The summed E-state index contributed by atoms with van der Waals surface area (Å²) in [5, 5.41) is 0. The first-order chi connectivity index (χ1) is 13.8. The molecule has 3 rings (SSSR count). The fourth-order valence-electron chi connectivity index (χ4n) is 3.54. The zero-order chi connectivity index (χ0) is 21.0. The molecule has 29 heavy (non-hydrogen) atoms. The molecule has 0 unspecified atom stereocenters. The first kappa shape index (κ1) is 20.6. The van der Waals surface area contributed by atoms with Gasteiger partial charge < -0.3 is 14.5 Å². The van der Waals surface area contributed by atoms with Crippen LogP contribution in [0, 0.1) is 0 Å². The van der Waals surface area contributed by atoms with Crippen LogP contribution in [0.25, 0.3) is 0 Å². The minimum Gasteiger partial charge on any atom is -0.465 e. The number of ether oxygens (including phenoxy) is 1. The highest BCUT2D eigenvalue weighted by molar-refractivity contribution is 5.96. The number of benzene rings is 2. The standard InChI is InChI=1S/C23H26N2O4/c1-23(2,19-7-5-4-6-8-19)22(28)25-15-13-24(14-16-25)20(26)17-9-11-18(12-10-17)21(27)29-3/h4-12H,13-16H2,1-3H3. The summed E-state index contributed by atoms with van der Waals surface area (Å²) in [5.74, 6) is -0.466. The van der Waals surface area contributed by atoms with Crippen LogP contribution < -0.4 is 0 Å². The number of methoxy groups -OCH3 is 1. The Bertz CT molecular complexity index is 883. The molecular weight excluding hydrogens is 368 g/mol. The van der Waals surface area contributed by atoms with Gasteiger partial charge in [-0.05, 0) is 43.7 Å². The van der Waals surface area contributed by atoms with Crippen LogP contribution in [0.3, 0.4) is 0 Å². The summed E-state index contributed by atoms with van der Waals surface area (Å²) in [6.07, 6.45) is 0. The second-order valence-electron chi connectivity index (χ2n) is 7.64. The Morgan fingerprint density at radius 2 is 1.31 bits per heavy atom. The Morgan fingerprint density at radius 1 is 0.793 bits per heavy atom. The number of rotatable bonds is 4. The third-order valence-electron chi connectivity index (χ3n) is 5.44. The minimum absolute atomic E-state index is 0.0678. The molecule has 1 fully saturated rings. The lowest BCUT2D eigenvalue weighted by atomic mass is 9.83. The average molecular weight is 394 g/mol. The SMILES string of the molecule is COC(=O)c1ccc(C(=O)N2CCN(C(=O)C(C)(C)c3ccccc3)CC2)cc1. The number of carbonyl (C=O) groups is 3. The molecule has 1 heterocycles.